The minimum Gasteiger partial charge on any atom is -0.492 e. The highest BCUT2D eigenvalue weighted by molar-refractivity contribution is 5.91. The van der Waals surface area contributed by atoms with E-state index < -0.39 is 5.60 Å². The minimum absolute atomic E-state index is 0.295. The summed E-state index contributed by atoms with van der Waals surface area (Å²) in [6, 6.07) is 5.84. The fourth-order valence-corrected chi connectivity index (χ4v) is 2.38. The summed E-state index contributed by atoms with van der Waals surface area (Å²) in [5.74, 6) is 0.866. The Morgan fingerprint density at radius 3 is 2.68 bits per heavy atom. The van der Waals surface area contributed by atoms with Gasteiger partial charge in [0.15, 0.2) is 0 Å². The molecule has 5 heteroatoms. The van der Waals surface area contributed by atoms with E-state index in [0.717, 1.165) is 30.0 Å². The third-order valence-corrected chi connectivity index (χ3v) is 3.39. The highest BCUT2D eigenvalue weighted by Crippen LogP contribution is 2.35. The number of likely N-dealkylation sites (N-methyl/N-ethyl adjacent to an activating group) is 1. The van der Waals surface area contributed by atoms with E-state index in [1.165, 1.54) is 0 Å². The molecule has 0 atom stereocenters. The van der Waals surface area contributed by atoms with Gasteiger partial charge in [-0.1, -0.05) is 6.07 Å². The molecule has 0 fully saturated rings. The molecule has 0 bridgehead atoms. The van der Waals surface area contributed by atoms with E-state index in [0.29, 0.717) is 13.2 Å². The van der Waals surface area contributed by atoms with Gasteiger partial charge in [0.25, 0.3) is 0 Å². The molecule has 0 spiro atoms. The maximum atomic E-state index is 12.3. The molecule has 1 heterocycles. The lowest BCUT2D eigenvalue weighted by Crippen LogP contribution is -2.35. The first-order chi connectivity index (χ1) is 10.3. The van der Waals surface area contributed by atoms with Gasteiger partial charge in [-0.15, -0.1) is 0 Å². The molecule has 1 aliphatic rings. The lowest BCUT2D eigenvalue weighted by atomic mass is 10.1. The third-order valence-electron chi connectivity index (χ3n) is 3.39. The van der Waals surface area contributed by atoms with Gasteiger partial charge in [0.05, 0.1) is 5.69 Å². The van der Waals surface area contributed by atoms with Crippen molar-refractivity contribution in [3.8, 4) is 5.75 Å². The van der Waals surface area contributed by atoms with Crippen molar-refractivity contribution in [1.82, 2.24) is 4.90 Å². The van der Waals surface area contributed by atoms with E-state index in [-0.39, 0.29) is 6.09 Å². The number of ether oxygens (including phenoxy) is 2. The first kappa shape index (κ1) is 16.6. The topological polar surface area (TPSA) is 42.0 Å². The minimum atomic E-state index is -0.486. The molecule has 22 heavy (non-hydrogen) atoms. The zero-order chi connectivity index (χ0) is 16.3. The molecular formula is C17H26N2O3. The van der Waals surface area contributed by atoms with Gasteiger partial charge in [-0.25, -0.2) is 4.79 Å². The van der Waals surface area contributed by atoms with Crippen LogP contribution in [0.5, 0.6) is 5.75 Å². The summed E-state index contributed by atoms with van der Waals surface area (Å²) in [6.07, 6.45) is 0.504. The number of fused-ring (bicyclic) bond motifs is 1. The Labute approximate surface area is 132 Å². The normalized spacial score (nSPS) is 14.2. The number of rotatable bonds is 4. The van der Waals surface area contributed by atoms with Crippen LogP contribution in [-0.2, 0) is 11.2 Å². The van der Waals surface area contributed by atoms with Gasteiger partial charge in [-0.05, 0) is 53.4 Å². The molecule has 1 amide bonds. The molecule has 2 rings (SSSR count). The van der Waals surface area contributed by atoms with Crippen LogP contribution in [-0.4, -0.2) is 50.4 Å². The predicted octanol–water partition coefficient (Wildman–Crippen LogP) is 2.92. The van der Waals surface area contributed by atoms with Crippen molar-refractivity contribution in [3.05, 3.63) is 23.8 Å². The summed E-state index contributed by atoms with van der Waals surface area (Å²) in [7, 11) is 4.03. The molecule has 0 unspecified atom stereocenters. The van der Waals surface area contributed by atoms with E-state index in [2.05, 4.69) is 4.90 Å². The molecule has 5 nitrogen and oxygen atoms in total. The zero-order valence-electron chi connectivity index (χ0n) is 14.2. The fraction of sp³-hybridized carbons (Fsp3) is 0.588. The van der Waals surface area contributed by atoms with Crippen molar-refractivity contribution in [2.24, 2.45) is 0 Å². The average molecular weight is 306 g/mol. The van der Waals surface area contributed by atoms with E-state index in [1.54, 1.807) is 4.90 Å². The van der Waals surface area contributed by atoms with Crippen LogP contribution in [0.25, 0.3) is 0 Å². The van der Waals surface area contributed by atoms with Crippen LogP contribution in [0.1, 0.15) is 26.3 Å². The van der Waals surface area contributed by atoms with Crippen LogP contribution < -0.4 is 9.64 Å². The molecule has 0 saturated carbocycles. The van der Waals surface area contributed by atoms with Crippen LogP contribution in [0.15, 0.2) is 18.2 Å². The summed E-state index contributed by atoms with van der Waals surface area (Å²) < 4.78 is 11.3. The smallest absolute Gasteiger partial charge is 0.414 e. The molecule has 0 aliphatic carbocycles. The number of anilines is 1. The number of amides is 1. The van der Waals surface area contributed by atoms with Crippen molar-refractivity contribution in [3.63, 3.8) is 0 Å². The molecule has 1 aromatic carbocycles. The van der Waals surface area contributed by atoms with Gasteiger partial charge in [-0.3, -0.25) is 4.90 Å². The standard InChI is InChI=1S/C17H26N2O3/c1-17(2,3)22-16(20)19-10-9-13-14(19)7-6-8-15(13)21-12-11-18(4)5/h6-8H,9-12H2,1-5H3. The molecule has 122 valence electrons. The predicted molar refractivity (Wildman–Crippen MR) is 87.8 cm³/mol. The Morgan fingerprint density at radius 2 is 2.05 bits per heavy atom. The summed E-state index contributed by atoms with van der Waals surface area (Å²) in [5, 5.41) is 0. The SMILES string of the molecule is CN(C)CCOc1cccc2c1CCN2C(=O)OC(C)(C)C. The van der Waals surface area contributed by atoms with Crippen LogP contribution >= 0.6 is 0 Å². The first-order valence-corrected chi connectivity index (χ1v) is 7.68. The number of hydrogen-bond acceptors (Lipinski definition) is 4. The van der Waals surface area contributed by atoms with Crippen LogP contribution in [0.2, 0.25) is 0 Å². The maximum absolute atomic E-state index is 12.3. The van der Waals surface area contributed by atoms with Crippen molar-refractivity contribution in [2.75, 3.05) is 38.7 Å². The number of carbonyl (C=O) groups excluding carboxylic acids is 1. The van der Waals surface area contributed by atoms with E-state index >= 15 is 0 Å². The first-order valence-electron chi connectivity index (χ1n) is 7.68. The van der Waals surface area contributed by atoms with Crippen molar-refractivity contribution >= 4 is 11.8 Å². The van der Waals surface area contributed by atoms with E-state index in [9.17, 15) is 4.79 Å². The van der Waals surface area contributed by atoms with Gasteiger partial charge in [-0.2, -0.15) is 0 Å². The maximum Gasteiger partial charge on any atom is 0.414 e. The molecule has 0 N–H and O–H groups in total. The number of nitrogens with zero attached hydrogens (tertiary/aromatic N) is 2. The second-order valence-electron chi connectivity index (χ2n) is 6.79. The fourth-order valence-electron chi connectivity index (χ4n) is 2.38. The monoisotopic (exact) mass is 306 g/mol. The summed E-state index contributed by atoms with van der Waals surface area (Å²) in [6.45, 7) is 7.77. The van der Waals surface area contributed by atoms with Crippen LogP contribution in [0, 0.1) is 0 Å². The van der Waals surface area contributed by atoms with Gasteiger partial charge >= 0.3 is 6.09 Å². The second-order valence-corrected chi connectivity index (χ2v) is 6.79. The summed E-state index contributed by atoms with van der Waals surface area (Å²) in [4.78, 5) is 16.1. The highest BCUT2D eigenvalue weighted by Gasteiger charge is 2.30. The lowest BCUT2D eigenvalue weighted by Gasteiger charge is -2.24. The molecule has 0 saturated heterocycles. The average Bonchev–Trinajstić information content (AvgIpc) is 2.81. The molecule has 0 radical (unpaired) electrons. The van der Waals surface area contributed by atoms with E-state index in [1.807, 2.05) is 53.1 Å². The molecule has 1 aliphatic heterocycles. The molecule has 0 aromatic heterocycles. The van der Waals surface area contributed by atoms with Gasteiger partial charge in [0, 0.05) is 18.7 Å². The molecule has 1 aromatic rings. The Balaban J connectivity index is 2.10. The van der Waals surface area contributed by atoms with Gasteiger partial charge < -0.3 is 14.4 Å². The Bertz CT molecular complexity index is 535. The Kier molecular flexibility index (Phi) is 4.96. The Morgan fingerprint density at radius 1 is 1.32 bits per heavy atom. The number of hydrogen-bond donors (Lipinski definition) is 0. The van der Waals surface area contributed by atoms with Crippen molar-refractivity contribution in [1.29, 1.82) is 0 Å². The lowest BCUT2D eigenvalue weighted by molar-refractivity contribution is 0.0584. The number of benzene rings is 1. The molecular weight excluding hydrogens is 280 g/mol. The Hall–Kier alpha value is -1.75. The van der Waals surface area contributed by atoms with Crippen molar-refractivity contribution < 1.29 is 14.3 Å². The summed E-state index contributed by atoms with van der Waals surface area (Å²) >= 11 is 0. The van der Waals surface area contributed by atoms with Gasteiger partial charge in [0.1, 0.15) is 18.0 Å². The third kappa shape index (κ3) is 4.13. The quantitative estimate of drug-likeness (QED) is 0.858. The van der Waals surface area contributed by atoms with Crippen LogP contribution in [0.4, 0.5) is 10.5 Å². The number of carbonyl (C=O) groups is 1. The van der Waals surface area contributed by atoms with E-state index in [4.69, 9.17) is 9.47 Å². The zero-order valence-corrected chi connectivity index (χ0v) is 14.2. The summed E-state index contributed by atoms with van der Waals surface area (Å²) in [5.41, 5.74) is 1.50. The highest BCUT2D eigenvalue weighted by atomic mass is 16.6. The second kappa shape index (κ2) is 6.57. The largest absolute Gasteiger partial charge is 0.492 e. The van der Waals surface area contributed by atoms with Crippen molar-refractivity contribution in [2.45, 2.75) is 32.8 Å². The van der Waals surface area contributed by atoms with Crippen LogP contribution in [0.3, 0.4) is 0 Å². The van der Waals surface area contributed by atoms with Gasteiger partial charge in [0.2, 0.25) is 0 Å².